The highest BCUT2D eigenvalue weighted by Crippen LogP contribution is 2.24. The van der Waals surface area contributed by atoms with Crippen LogP contribution in [-0.4, -0.2) is 36.3 Å². The van der Waals surface area contributed by atoms with Crippen molar-refractivity contribution in [2.75, 3.05) is 11.9 Å². The Bertz CT molecular complexity index is 645. The van der Waals surface area contributed by atoms with Crippen LogP contribution in [0.1, 0.15) is 32.3 Å². The predicted molar refractivity (Wildman–Crippen MR) is 95.8 cm³/mol. The number of para-hydroxylation sites is 1. The number of fused-ring (bicyclic) bond motifs is 1. The molecule has 5 N–H and O–H groups in total. The number of hydrogen-bond donors (Lipinski definition) is 4. The minimum atomic E-state index is -0.689. The van der Waals surface area contributed by atoms with Gasteiger partial charge in [0.2, 0.25) is 17.7 Å². The second-order valence-corrected chi connectivity index (χ2v) is 6.77. The van der Waals surface area contributed by atoms with Gasteiger partial charge in [-0.15, -0.1) is 0 Å². The molecule has 25 heavy (non-hydrogen) atoms. The maximum atomic E-state index is 12.6. The fraction of sp³-hybridized carbons (Fsp3) is 0.500. The molecule has 0 aromatic heterocycles. The van der Waals surface area contributed by atoms with Crippen LogP contribution in [0, 0.1) is 5.92 Å². The van der Waals surface area contributed by atoms with E-state index >= 15 is 0 Å². The second-order valence-electron chi connectivity index (χ2n) is 6.77. The fourth-order valence-electron chi connectivity index (χ4n) is 2.91. The minimum absolute atomic E-state index is 0.213. The van der Waals surface area contributed by atoms with Gasteiger partial charge in [-0.25, -0.2) is 0 Å². The summed E-state index contributed by atoms with van der Waals surface area (Å²) in [7, 11) is 0. The average Bonchev–Trinajstić information content (AvgIpc) is 2.58. The summed E-state index contributed by atoms with van der Waals surface area (Å²) in [5.74, 6) is -1.01. The number of nitrogens with two attached hydrogens (primary N) is 1. The summed E-state index contributed by atoms with van der Waals surface area (Å²) in [6.07, 6.45) is 1.96. The van der Waals surface area contributed by atoms with E-state index in [2.05, 4.69) is 16.0 Å². The molecule has 1 aromatic carbocycles. The van der Waals surface area contributed by atoms with E-state index in [0.29, 0.717) is 12.8 Å². The van der Waals surface area contributed by atoms with Gasteiger partial charge in [0.15, 0.2) is 0 Å². The quantitative estimate of drug-likeness (QED) is 0.577. The maximum Gasteiger partial charge on any atom is 0.243 e. The third kappa shape index (κ3) is 5.48. The smallest absolute Gasteiger partial charge is 0.243 e. The number of nitrogens with one attached hydrogen (secondary N) is 3. The normalized spacial score (nSPS) is 17.2. The number of carbonyl (C=O) groups is 3. The molecule has 0 saturated heterocycles. The number of anilines is 1. The third-order valence-corrected chi connectivity index (χ3v) is 4.14. The van der Waals surface area contributed by atoms with Gasteiger partial charge in [-0.2, -0.15) is 0 Å². The number of aryl methyl sites for hydroxylation is 1. The van der Waals surface area contributed by atoms with E-state index in [1.165, 1.54) is 5.56 Å². The van der Waals surface area contributed by atoms with Gasteiger partial charge in [0, 0.05) is 5.69 Å². The molecule has 0 fully saturated rings. The number of primary amides is 1. The van der Waals surface area contributed by atoms with Crippen molar-refractivity contribution in [3.8, 4) is 0 Å². The lowest BCUT2D eigenvalue weighted by Gasteiger charge is -2.28. The highest BCUT2D eigenvalue weighted by atomic mass is 16.2. The molecule has 2 rings (SSSR count). The topological polar surface area (TPSA) is 113 Å². The Morgan fingerprint density at radius 2 is 2.00 bits per heavy atom. The van der Waals surface area contributed by atoms with E-state index in [1.807, 2.05) is 38.1 Å². The van der Waals surface area contributed by atoms with Crippen LogP contribution in [0.5, 0.6) is 0 Å². The van der Waals surface area contributed by atoms with Crippen molar-refractivity contribution >= 4 is 23.4 Å². The molecule has 0 unspecified atom stereocenters. The van der Waals surface area contributed by atoms with Gasteiger partial charge in [-0.1, -0.05) is 32.0 Å². The monoisotopic (exact) mass is 346 g/mol. The van der Waals surface area contributed by atoms with Crippen molar-refractivity contribution in [3.05, 3.63) is 29.8 Å². The molecule has 1 heterocycles. The molecule has 0 aliphatic carbocycles. The summed E-state index contributed by atoms with van der Waals surface area (Å²) in [6.45, 7) is 3.70. The summed E-state index contributed by atoms with van der Waals surface area (Å²) in [6, 6.07) is 6.81. The molecule has 0 spiro atoms. The van der Waals surface area contributed by atoms with E-state index in [4.69, 9.17) is 5.73 Å². The molecule has 3 amide bonds. The van der Waals surface area contributed by atoms with Crippen LogP contribution in [-0.2, 0) is 20.8 Å². The van der Waals surface area contributed by atoms with E-state index in [9.17, 15) is 14.4 Å². The van der Waals surface area contributed by atoms with Gasteiger partial charge in [-0.05, 0) is 36.8 Å². The number of carbonyl (C=O) groups excluding carboxylic acids is 3. The van der Waals surface area contributed by atoms with Crippen LogP contribution in [0.25, 0.3) is 0 Å². The SMILES string of the molecule is CC(C)C[C@H](NC(=O)[C@@H]1CCc2ccccc2N1)C(=O)NCC(N)=O. The van der Waals surface area contributed by atoms with E-state index in [0.717, 1.165) is 12.1 Å². The Morgan fingerprint density at radius 1 is 1.28 bits per heavy atom. The first-order chi connectivity index (χ1) is 11.9. The van der Waals surface area contributed by atoms with Gasteiger partial charge in [0.25, 0.3) is 0 Å². The lowest BCUT2D eigenvalue weighted by molar-refractivity contribution is -0.130. The molecular formula is C18H26N4O3. The summed E-state index contributed by atoms with van der Waals surface area (Å²) in [5.41, 5.74) is 7.19. The molecule has 1 aliphatic rings. The number of rotatable bonds is 7. The average molecular weight is 346 g/mol. The van der Waals surface area contributed by atoms with Crippen LogP contribution < -0.4 is 21.7 Å². The maximum absolute atomic E-state index is 12.6. The van der Waals surface area contributed by atoms with E-state index in [-0.39, 0.29) is 24.4 Å². The van der Waals surface area contributed by atoms with Gasteiger partial charge in [0.05, 0.1) is 6.54 Å². The van der Waals surface area contributed by atoms with Gasteiger partial charge in [0.1, 0.15) is 12.1 Å². The molecule has 1 aromatic rings. The zero-order valence-corrected chi connectivity index (χ0v) is 14.7. The van der Waals surface area contributed by atoms with Crippen LogP contribution in [0.3, 0.4) is 0 Å². The Labute approximate surface area is 147 Å². The third-order valence-electron chi connectivity index (χ3n) is 4.14. The lowest BCUT2D eigenvalue weighted by Crippen LogP contribution is -2.53. The van der Waals surface area contributed by atoms with Crippen molar-refractivity contribution in [2.45, 2.75) is 45.2 Å². The fourth-order valence-corrected chi connectivity index (χ4v) is 2.91. The molecule has 0 saturated carbocycles. The van der Waals surface area contributed by atoms with Crippen LogP contribution in [0.2, 0.25) is 0 Å². The first-order valence-electron chi connectivity index (χ1n) is 8.57. The zero-order valence-electron chi connectivity index (χ0n) is 14.7. The van der Waals surface area contributed by atoms with Crippen molar-refractivity contribution in [1.29, 1.82) is 0 Å². The van der Waals surface area contributed by atoms with E-state index < -0.39 is 17.9 Å². The highest BCUT2D eigenvalue weighted by molar-refractivity contribution is 5.92. The molecular weight excluding hydrogens is 320 g/mol. The van der Waals surface area contributed by atoms with Crippen LogP contribution in [0.15, 0.2) is 24.3 Å². The summed E-state index contributed by atoms with van der Waals surface area (Å²) >= 11 is 0. The second kappa shape index (κ2) is 8.50. The molecule has 136 valence electrons. The zero-order chi connectivity index (χ0) is 18.4. The lowest BCUT2D eigenvalue weighted by atomic mass is 9.97. The molecule has 7 heteroatoms. The Balaban J connectivity index is 1.99. The predicted octanol–water partition coefficient (Wildman–Crippen LogP) is 0.546. The molecule has 0 bridgehead atoms. The minimum Gasteiger partial charge on any atom is -0.373 e. The Hall–Kier alpha value is -2.57. The number of benzene rings is 1. The molecule has 1 aliphatic heterocycles. The highest BCUT2D eigenvalue weighted by Gasteiger charge is 2.28. The largest absolute Gasteiger partial charge is 0.373 e. The standard InChI is InChI=1S/C18H26N4O3/c1-11(2)9-15(17(24)20-10-16(19)23)22-18(25)14-8-7-12-5-3-4-6-13(12)21-14/h3-6,11,14-15,21H,7-10H2,1-2H3,(H2,19,23)(H,20,24)(H,22,25)/t14-,15-/m0/s1. The Kier molecular flexibility index (Phi) is 6.38. The molecule has 2 atom stereocenters. The molecule has 0 radical (unpaired) electrons. The van der Waals surface area contributed by atoms with Crippen LogP contribution in [0.4, 0.5) is 5.69 Å². The van der Waals surface area contributed by atoms with Gasteiger partial charge < -0.3 is 21.7 Å². The summed E-state index contributed by atoms with van der Waals surface area (Å²) in [5, 5.41) is 8.50. The summed E-state index contributed by atoms with van der Waals surface area (Å²) in [4.78, 5) is 35.7. The first kappa shape index (κ1) is 18.8. The van der Waals surface area contributed by atoms with Crippen LogP contribution >= 0.6 is 0 Å². The van der Waals surface area contributed by atoms with Crippen molar-refractivity contribution < 1.29 is 14.4 Å². The van der Waals surface area contributed by atoms with Crippen molar-refractivity contribution in [3.63, 3.8) is 0 Å². The number of amides is 3. The van der Waals surface area contributed by atoms with Gasteiger partial charge >= 0.3 is 0 Å². The summed E-state index contributed by atoms with van der Waals surface area (Å²) < 4.78 is 0. The molecule has 7 nitrogen and oxygen atoms in total. The van der Waals surface area contributed by atoms with Crippen molar-refractivity contribution in [2.24, 2.45) is 11.7 Å². The Morgan fingerprint density at radius 3 is 2.68 bits per heavy atom. The van der Waals surface area contributed by atoms with E-state index in [1.54, 1.807) is 0 Å². The van der Waals surface area contributed by atoms with Gasteiger partial charge in [-0.3, -0.25) is 14.4 Å². The number of hydrogen-bond acceptors (Lipinski definition) is 4. The first-order valence-corrected chi connectivity index (χ1v) is 8.57. The van der Waals surface area contributed by atoms with Crippen molar-refractivity contribution in [1.82, 2.24) is 10.6 Å².